The van der Waals surface area contributed by atoms with E-state index in [1.807, 2.05) is 53.4 Å². The number of hydrogen-bond donors (Lipinski definition) is 0. The van der Waals surface area contributed by atoms with E-state index in [1.165, 1.54) is 0 Å². The molecule has 0 unspecified atom stereocenters. The van der Waals surface area contributed by atoms with Crippen molar-refractivity contribution in [2.45, 2.75) is 6.42 Å². The number of halogens is 2. The summed E-state index contributed by atoms with van der Waals surface area (Å²) in [7, 11) is 0. The maximum atomic E-state index is 13.0. The minimum atomic E-state index is -0.159. The number of aromatic nitrogens is 1. The fourth-order valence-electron chi connectivity index (χ4n) is 3.62. The second kappa shape index (κ2) is 8.94. The minimum absolute atomic E-state index is 0.0239. The molecule has 0 N–H and O–H groups in total. The zero-order valence-electron chi connectivity index (χ0n) is 16.3. The Bertz CT molecular complexity index is 1050. The van der Waals surface area contributed by atoms with E-state index in [9.17, 15) is 9.59 Å². The summed E-state index contributed by atoms with van der Waals surface area (Å²) in [6, 6.07) is 16.3. The average Bonchev–Trinajstić information content (AvgIpc) is 3.19. The highest BCUT2D eigenvalue weighted by Crippen LogP contribution is 2.23. The minimum Gasteiger partial charge on any atom is -0.337 e. The molecular formula is C23H21Cl2N3O2. The van der Waals surface area contributed by atoms with E-state index in [0.717, 1.165) is 5.69 Å². The Balaban J connectivity index is 1.43. The normalized spacial score (nSPS) is 14.5. The van der Waals surface area contributed by atoms with Gasteiger partial charge in [0.25, 0.3) is 11.8 Å². The van der Waals surface area contributed by atoms with Crippen molar-refractivity contribution in [1.82, 2.24) is 14.4 Å². The Labute approximate surface area is 185 Å². The van der Waals surface area contributed by atoms with E-state index in [-0.39, 0.29) is 11.8 Å². The van der Waals surface area contributed by atoms with E-state index in [1.54, 1.807) is 28.0 Å². The molecule has 1 aliphatic rings. The van der Waals surface area contributed by atoms with Crippen LogP contribution in [0.1, 0.15) is 27.1 Å². The summed E-state index contributed by atoms with van der Waals surface area (Å²) in [5.74, 6) is -0.183. The average molecular weight is 442 g/mol. The number of nitrogens with zero attached hydrogens (tertiary/aromatic N) is 3. The Morgan fingerprint density at radius 2 is 1.40 bits per heavy atom. The standard InChI is InChI=1S/C23H21Cl2N3O2/c24-18-6-9-21(25)20(16-18)23(30)28-13-3-12-27(14-15-28)22(29)17-4-7-19(8-5-17)26-10-1-2-11-26/h1-2,4-11,16H,3,12-15H2. The fraction of sp³-hybridized carbons (Fsp3) is 0.217. The molecule has 154 valence electrons. The maximum absolute atomic E-state index is 13.0. The van der Waals surface area contributed by atoms with E-state index < -0.39 is 0 Å². The van der Waals surface area contributed by atoms with Gasteiger partial charge in [0.2, 0.25) is 0 Å². The van der Waals surface area contributed by atoms with Gasteiger partial charge < -0.3 is 14.4 Å². The van der Waals surface area contributed by atoms with E-state index in [4.69, 9.17) is 23.2 Å². The van der Waals surface area contributed by atoms with Gasteiger partial charge in [0.15, 0.2) is 0 Å². The molecule has 0 atom stereocenters. The Morgan fingerprint density at radius 1 is 0.767 bits per heavy atom. The van der Waals surface area contributed by atoms with Gasteiger partial charge in [-0.15, -0.1) is 0 Å². The lowest BCUT2D eigenvalue weighted by Gasteiger charge is -2.23. The lowest BCUT2D eigenvalue weighted by Crippen LogP contribution is -2.37. The zero-order chi connectivity index (χ0) is 21.1. The second-order valence-corrected chi connectivity index (χ2v) is 8.04. The molecule has 1 aliphatic heterocycles. The Morgan fingerprint density at radius 3 is 2.07 bits per heavy atom. The summed E-state index contributed by atoms with van der Waals surface area (Å²) >= 11 is 12.2. The summed E-state index contributed by atoms with van der Waals surface area (Å²) in [6.07, 6.45) is 4.63. The first kappa shape index (κ1) is 20.5. The topological polar surface area (TPSA) is 45.6 Å². The predicted molar refractivity (Wildman–Crippen MR) is 119 cm³/mol. The van der Waals surface area contributed by atoms with E-state index in [0.29, 0.717) is 53.8 Å². The summed E-state index contributed by atoms with van der Waals surface area (Å²) in [5, 5.41) is 0.849. The molecule has 1 saturated heterocycles. The molecule has 0 radical (unpaired) electrons. The first-order chi connectivity index (χ1) is 14.5. The van der Waals surface area contributed by atoms with Crippen molar-refractivity contribution in [3.8, 4) is 5.69 Å². The van der Waals surface area contributed by atoms with Gasteiger partial charge >= 0.3 is 0 Å². The third-order valence-electron chi connectivity index (χ3n) is 5.25. The van der Waals surface area contributed by atoms with Crippen molar-refractivity contribution in [1.29, 1.82) is 0 Å². The van der Waals surface area contributed by atoms with Crippen LogP contribution < -0.4 is 0 Å². The van der Waals surface area contributed by atoms with Gasteiger partial charge in [-0.05, 0) is 61.0 Å². The van der Waals surface area contributed by atoms with Crippen LogP contribution in [0.15, 0.2) is 67.0 Å². The molecule has 30 heavy (non-hydrogen) atoms. The molecule has 2 heterocycles. The van der Waals surface area contributed by atoms with Crippen molar-refractivity contribution >= 4 is 35.0 Å². The largest absolute Gasteiger partial charge is 0.337 e. The van der Waals surface area contributed by atoms with E-state index >= 15 is 0 Å². The first-order valence-corrected chi connectivity index (χ1v) is 10.6. The van der Waals surface area contributed by atoms with Crippen LogP contribution in [0.3, 0.4) is 0 Å². The van der Waals surface area contributed by atoms with Gasteiger partial charge in [0.1, 0.15) is 0 Å². The van der Waals surface area contributed by atoms with Crippen LogP contribution in [0.4, 0.5) is 0 Å². The van der Waals surface area contributed by atoms with Crippen LogP contribution in [0.2, 0.25) is 10.0 Å². The lowest BCUT2D eigenvalue weighted by molar-refractivity contribution is 0.0719. The molecular weight excluding hydrogens is 421 g/mol. The van der Waals surface area contributed by atoms with Gasteiger partial charge in [-0.3, -0.25) is 9.59 Å². The highest BCUT2D eigenvalue weighted by atomic mass is 35.5. The van der Waals surface area contributed by atoms with Crippen molar-refractivity contribution in [2.75, 3.05) is 26.2 Å². The van der Waals surface area contributed by atoms with Crippen molar-refractivity contribution in [3.05, 3.63) is 88.2 Å². The van der Waals surface area contributed by atoms with Gasteiger partial charge in [-0.1, -0.05) is 23.2 Å². The number of rotatable bonds is 3. The molecule has 0 spiro atoms. The monoisotopic (exact) mass is 441 g/mol. The molecule has 4 rings (SSSR count). The quantitative estimate of drug-likeness (QED) is 0.587. The van der Waals surface area contributed by atoms with Crippen molar-refractivity contribution in [2.24, 2.45) is 0 Å². The van der Waals surface area contributed by atoms with E-state index in [2.05, 4.69) is 0 Å². The SMILES string of the molecule is O=C(c1ccc(-n2cccc2)cc1)N1CCCN(C(=O)c2cc(Cl)ccc2Cl)CC1. The summed E-state index contributed by atoms with van der Waals surface area (Å²) in [5.41, 5.74) is 2.04. The van der Waals surface area contributed by atoms with Crippen LogP contribution in [0.25, 0.3) is 5.69 Å². The Kier molecular flexibility index (Phi) is 6.11. The predicted octanol–water partition coefficient (Wildman–Crippen LogP) is 4.77. The smallest absolute Gasteiger partial charge is 0.255 e. The van der Waals surface area contributed by atoms with Crippen molar-refractivity contribution < 1.29 is 9.59 Å². The van der Waals surface area contributed by atoms with Crippen LogP contribution >= 0.6 is 23.2 Å². The number of carbonyl (C=O) groups is 2. The molecule has 2 amide bonds. The zero-order valence-corrected chi connectivity index (χ0v) is 17.8. The lowest BCUT2D eigenvalue weighted by atomic mass is 10.1. The highest BCUT2D eigenvalue weighted by Gasteiger charge is 2.24. The molecule has 2 aromatic carbocycles. The number of benzene rings is 2. The number of amides is 2. The van der Waals surface area contributed by atoms with Crippen LogP contribution in [-0.2, 0) is 0 Å². The maximum Gasteiger partial charge on any atom is 0.255 e. The van der Waals surface area contributed by atoms with Crippen LogP contribution in [0.5, 0.6) is 0 Å². The third-order valence-corrected chi connectivity index (χ3v) is 5.81. The van der Waals surface area contributed by atoms with Gasteiger partial charge in [0.05, 0.1) is 10.6 Å². The second-order valence-electron chi connectivity index (χ2n) is 7.20. The van der Waals surface area contributed by atoms with Gasteiger partial charge in [-0.2, -0.15) is 0 Å². The molecule has 5 nitrogen and oxygen atoms in total. The molecule has 1 fully saturated rings. The first-order valence-electron chi connectivity index (χ1n) is 9.80. The molecule has 0 aliphatic carbocycles. The molecule has 1 aromatic heterocycles. The number of hydrogen-bond acceptors (Lipinski definition) is 2. The Hall–Kier alpha value is -2.76. The molecule has 0 bridgehead atoms. The third kappa shape index (κ3) is 4.37. The summed E-state index contributed by atoms with van der Waals surface area (Å²) < 4.78 is 1.99. The molecule has 3 aromatic rings. The van der Waals surface area contributed by atoms with Crippen LogP contribution in [0, 0.1) is 0 Å². The summed E-state index contributed by atoms with van der Waals surface area (Å²) in [6.45, 7) is 2.10. The highest BCUT2D eigenvalue weighted by molar-refractivity contribution is 6.35. The summed E-state index contributed by atoms with van der Waals surface area (Å²) in [4.78, 5) is 29.4. The fourth-order valence-corrected chi connectivity index (χ4v) is 3.99. The molecule has 7 heteroatoms. The van der Waals surface area contributed by atoms with Crippen LogP contribution in [-0.4, -0.2) is 52.4 Å². The molecule has 0 saturated carbocycles. The van der Waals surface area contributed by atoms with Gasteiger partial charge in [0, 0.05) is 54.8 Å². The van der Waals surface area contributed by atoms with Crippen molar-refractivity contribution in [3.63, 3.8) is 0 Å². The van der Waals surface area contributed by atoms with Gasteiger partial charge in [-0.25, -0.2) is 0 Å². The number of carbonyl (C=O) groups excluding carboxylic acids is 2.